The summed E-state index contributed by atoms with van der Waals surface area (Å²) in [7, 11) is 0. The van der Waals surface area contributed by atoms with Crippen molar-refractivity contribution >= 4 is 51.7 Å². The fraction of sp³-hybridized carbons (Fsp3) is 0.176. The molecule has 31 heavy (non-hydrogen) atoms. The summed E-state index contributed by atoms with van der Waals surface area (Å²) in [4.78, 5) is 47.6. The predicted molar refractivity (Wildman–Crippen MR) is 113 cm³/mol. The highest BCUT2D eigenvalue weighted by Gasteiger charge is 2.54. The summed E-state index contributed by atoms with van der Waals surface area (Å²) in [6.07, 6.45) is 6.48. The number of aromatic nitrogens is 3. The smallest absolute Gasteiger partial charge is 0.352 e. The third-order valence-corrected chi connectivity index (χ3v) is 6.19. The molecule has 14 heteroatoms. The van der Waals surface area contributed by atoms with Gasteiger partial charge in [0.25, 0.3) is 11.8 Å². The molecule has 0 bridgehead atoms. The molecule has 2 atom stereocenters. The number of amides is 2. The molecule has 1 saturated heterocycles. The minimum atomic E-state index is -1.24. The first-order valence-corrected chi connectivity index (χ1v) is 10.5. The van der Waals surface area contributed by atoms with E-state index in [0.717, 1.165) is 16.2 Å². The molecule has 4 heterocycles. The number of thiazole rings is 1. The number of oxime groups is 1. The van der Waals surface area contributed by atoms with Crippen molar-refractivity contribution in [3.63, 3.8) is 0 Å². The number of hydrogen-bond donors (Lipinski definition) is 5. The number of imidazole rings is 1. The number of carboxylic acid groups (broad SMARTS) is 1. The molecular formula is C17H17N7O5S2. The Kier molecular flexibility index (Phi) is 6.71. The largest absolute Gasteiger partial charge is 0.477 e. The van der Waals surface area contributed by atoms with Crippen LogP contribution in [0.25, 0.3) is 0 Å². The number of rotatable bonds is 5. The molecule has 1 fully saturated rings. The maximum absolute atomic E-state index is 12.4. The molecule has 6 N–H and O–H groups in total. The Hall–Kier alpha value is -3.65. The van der Waals surface area contributed by atoms with Crippen LogP contribution in [0.4, 0.5) is 5.13 Å². The fourth-order valence-corrected chi connectivity index (χ4v) is 4.72. The van der Waals surface area contributed by atoms with Crippen molar-refractivity contribution in [3.05, 3.63) is 53.7 Å². The predicted octanol–water partition coefficient (Wildman–Crippen LogP) is 0.238. The van der Waals surface area contributed by atoms with Crippen LogP contribution in [0.1, 0.15) is 5.69 Å². The lowest BCUT2D eigenvalue weighted by Crippen LogP contribution is -2.71. The van der Waals surface area contributed by atoms with E-state index in [1.807, 2.05) is 0 Å². The Morgan fingerprint density at radius 3 is 2.74 bits per heavy atom. The third-order valence-electron chi connectivity index (χ3n) is 4.22. The number of nitrogens with one attached hydrogen (secondary N) is 2. The van der Waals surface area contributed by atoms with Gasteiger partial charge in [-0.15, -0.1) is 23.1 Å². The molecule has 0 unspecified atom stereocenters. The maximum Gasteiger partial charge on any atom is 0.352 e. The summed E-state index contributed by atoms with van der Waals surface area (Å²) in [6.45, 7) is 3.56. The van der Waals surface area contributed by atoms with Crippen LogP contribution in [0.15, 0.2) is 53.2 Å². The van der Waals surface area contributed by atoms with Gasteiger partial charge < -0.3 is 26.3 Å². The van der Waals surface area contributed by atoms with Gasteiger partial charge in [-0.25, -0.2) is 14.8 Å². The number of allylic oxidation sites excluding steroid dienone is 1. The van der Waals surface area contributed by atoms with Crippen molar-refractivity contribution < 1.29 is 24.7 Å². The highest BCUT2D eigenvalue weighted by atomic mass is 32.2. The van der Waals surface area contributed by atoms with Crippen molar-refractivity contribution in [2.75, 3.05) is 11.5 Å². The summed E-state index contributed by atoms with van der Waals surface area (Å²) >= 11 is 2.37. The van der Waals surface area contributed by atoms with Crippen molar-refractivity contribution in [2.45, 2.75) is 11.4 Å². The average Bonchev–Trinajstić information content (AvgIpc) is 3.46. The molecule has 0 spiro atoms. The molecule has 2 aliphatic rings. The fourth-order valence-electron chi connectivity index (χ4n) is 2.83. The number of nitrogens with two attached hydrogens (primary N) is 1. The second-order valence-corrected chi connectivity index (χ2v) is 8.02. The zero-order valence-electron chi connectivity index (χ0n) is 15.8. The van der Waals surface area contributed by atoms with Gasteiger partial charge >= 0.3 is 5.97 Å². The van der Waals surface area contributed by atoms with Gasteiger partial charge in [-0.05, 0) is 5.57 Å². The lowest BCUT2D eigenvalue weighted by molar-refractivity contribution is -0.150. The highest BCUT2D eigenvalue weighted by Crippen LogP contribution is 2.40. The lowest BCUT2D eigenvalue weighted by atomic mass is 10.0. The van der Waals surface area contributed by atoms with Crippen LogP contribution in [-0.2, 0) is 14.4 Å². The van der Waals surface area contributed by atoms with E-state index in [4.69, 9.17) is 10.9 Å². The number of nitrogen functional groups attached to an aromatic ring is 1. The van der Waals surface area contributed by atoms with E-state index >= 15 is 0 Å². The number of fused-ring (bicyclic) bond motifs is 1. The van der Waals surface area contributed by atoms with Gasteiger partial charge in [-0.3, -0.25) is 14.5 Å². The molecule has 2 amide bonds. The van der Waals surface area contributed by atoms with Gasteiger partial charge in [0.05, 0.1) is 6.33 Å². The van der Waals surface area contributed by atoms with E-state index < -0.39 is 29.2 Å². The van der Waals surface area contributed by atoms with Gasteiger partial charge in [-0.2, -0.15) is 0 Å². The first-order valence-electron chi connectivity index (χ1n) is 8.59. The number of carboxylic acids is 1. The van der Waals surface area contributed by atoms with E-state index in [1.165, 1.54) is 23.2 Å². The van der Waals surface area contributed by atoms with Crippen LogP contribution in [0, 0.1) is 0 Å². The van der Waals surface area contributed by atoms with Crippen LogP contribution in [0.3, 0.4) is 0 Å². The second-order valence-electron chi connectivity index (χ2n) is 6.02. The van der Waals surface area contributed by atoms with Gasteiger partial charge in [0, 0.05) is 23.5 Å². The second kappa shape index (κ2) is 9.44. The van der Waals surface area contributed by atoms with E-state index in [1.54, 1.807) is 18.7 Å². The molecule has 4 rings (SSSR count). The summed E-state index contributed by atoms with van der Waals surface area (Å²) < 4.78 is 0. The van der Waals surface area contributed by atoms with Crippen molar-refractivity contribution in [2.24, 2.45) is 5.16 Å². The van der Waals surface area contributed by atoms with E-state index in [2.05, 4.69) is 32.0 Å². The van der Waals surface area contributed by atoms with Crippen molar-refractivity contribution in [3.8, 4) is 0 Å². The number of carbonyl (C=O) groups excluding carboxylic acids is 2. The lowest BCUT2D eigenvalue weighted by Gasteiger charge is -2.49. The zero-order valence-corrected chi connectivity index (χ0v) is 17.4. The molecule has 2 aromatic heterocycles. The van der Waals surface area contributed by atoms with Crippen LogP contribution in [0.2, 0.25) is 0 Å². The van der Waals surface area contributed by atoms with Crippen LogP contribution >= 0.6 is 23.1 Å². The topological polar surface area (TPSA) is 187 Å². The summed E-state index contributed by atoms with van der Waals surface area (Å²) in [6, 6.07) is -0.944. The maximum atomic E-state index is 12.4. The molecular weight excluding hydrogens is 446 g/mol. The van der Waals surface area contributed by atoms with Gasteiger partial charge in [0.2, 0.25) is 0 Å². The van der Waals surface area contributed by atoms with Crippen LogP contribution < -0.4 is 11.1 Å². The number of H-pyrrole nitrogens is 1. The number of aromatic amines is 1. The van der Waals surface area contributed by atoms with Crippen LogP contribution in [0.5, 0.6) is 0 Å². The van der Waals surface area contributed by atoms with E-state index in [0.29, 0.717) is 11.3 Å². The average molecular weight is 464 g/mol. The first kappa shape index (κ1) is 22.0. The molecule has 0 radical (unpaired) electrons. The Labute approximate surface area is 183 Å². The van der Waals surface area contributed by atoms with Crippen LogP contribution in [-0.4, -0.2) is 70.8 Å². The third kappa shape index (κ3) is 4.44. The number of hydrogen-bond acceptors (Lipinski definition) is 10. The first-order chi connectivity index (χ1) is 14.9. The quantitative estimate of drug-likeness (QED) is 0.179. The van der Waals surface area contributed by atoms with E-state index in [9.17, 15) is 19.5 Å². The summed E-state index contributed by atoms with van der Waals surface area (Å²) in [5.74, 6) is -2.27. The summed E-state index contributed by atoms with van der Waals surface area (Å²) in [5.41, 5.74) is 5.49. The molecule has 2 aromatic rings. The number of nitrogens with zero attached hydrogens (tertiary/aromatic N) is 4. The zero-order chi connectivity index (χ0) is 22.5. The monoisotopic (exact) mass is 463 g/mol. The Balaban J connectivity index is 0.000000478. The molecule has 162 valence electrons. The Bertz CT molecular complexity index is 1050. The number of anilines is 1. The Morgan fingerprint density at radius 2 is 2.26 bits per heavy atom. The number of carbonyl (C=O) groups is 3. The number of aliphatic carboxylic acids is 1. The number of β-lactam (4-membered cyclic amide) rings is 1. The van der Waals surface area contributed by atoms with Gasteiger partial charge in [0.1, 0.15) is 22.8 Å². The minimum Gasteiger partial charge on any atom is -0.477 e. The van der Waals surface area contributed by atoms with E-state index in [-0.39, 0.29) is 22.2 Å². The molecule has 0 aromatic carbocycles. The Morgan fingerprint density at radius 1 is 1.48 bits per heavy atom. The van der Waals surface area contributed by atoms with Gasteiger partial charge in [-0.1, -0.05) is 17.8 Å². The molecule has 12 nitrogen and oxygen atoms in total. The minimum absolute atomic E-state index is 0.0764. The van der Waals surface area contributed by atoms with Gasteiger partial charge in [0.15, 0.2) is 10.8 Å². The summed E-state index contributed by atoms with van der Waals surface area (Å²) in [5, 5.41) is 24.9. The normalized spacial score (nSPS) is 20.2. The number of thioether (sulfide) groups is 1. The SMILES string of the molecule is C=CC1=C(C(=O)O)N2C(=O)[C@@H](NC(=O)/C(=N\O)c3csc(N)n3)[C@H]2SC1.c1c[nH]cn1. The highest BCUT2D eigenvalue weighted by molar-refractivity contribution is 8.00. The van der Waals surface area contributed by atoms with Crippen molar-refractivity contribution in [1.29, 1.82) is 0 Å². The van der Waals surface area contributed by atoms with Crippen molar-refractivity contribution in [1.82, 2.24) is 25.2 Å². The molecule has 2 aliphatic heterocycles. The molecule has 0 aliphatic carbocycles. The molecule has 0 saturated carbocycles. The standard InChI is InChI=1S/C14H13N5O5S2.C3H4N2/c1-2-5-3-25-12-8(11(21)19(12)9(5)13(22)23)17-10(20)7(18-24)6-4-26-14(15)16-6;1-2-5-3-4-1/h2,4,8,12,24H,1,3H2,(H2,15,16)(H,17,20)(H,22,23);1-3H,(H,4,5)/b18-7-;/t8-,12-;/m1./s1.